The van der Waals surface area contributed by atoms with Crippen LogP contribution in [0.4, 0.5) is 0 Å². The highest BCUT2D eigenvalue weighted by atomic mass is 16.5. The molecule has 3 nitrogen and oxygen atoms in total. The molecular weight excluding hydrogens is 216 g/mol. The summed E-state index contributed by atoms with van der Waals surface area (Å²) >= 11 is 0. The molecule has 0 saturated heterocycles. The van der Waals surface area contributed by atoms with Gasteiger partial charge in [-0.15, -0.1) is 0 Å². The lowest BCUT2D eigenvalue weighted by Crippen LogP contribution is -2.31. The molecule has 0 saturated carbocycles. The standard InChI is InChI=1S/C14H22O3/c1-5-16-11-6-8-12(9-7-11)17-10-13(15)14(2,3)4/h6-9,13,15H,5,10H2,1-4H3. The second-order valence-electron chi connectivity index (χ2n) is 5.10. The first-order chi connectivity index (χ1) is 7.93. The first-order valence-electron chi connectivity index (χ1n) is 5.97. The summed E-state index contributed by atoms with van der Waals surface area (Å²) in [5.41, 5.74) is -0.161. The lowest BCUT2D eigenvalue weighted by atomic mass is 9.90. The molecule has 1 unspecified atom stereocenters. The second kappa shape index (κ2) is 5.92. The number of aliphatic hydroxyl groups excluding tert-OH is 1. The minimum Gasteiger partial charge on any atom is -0.494 e. The van der Waals surface area contributed by atoms with E-state index in [-0.39, 0.29) is 5.41 Å². The van der Waals surface area contributed by atoms with E-state index in [0.29, 0.717) is 13.2 Å². The van der Waals surface area contributed by atoms with Crippen LogP contribution in [-0.2, 0) is 0 Å². The van der Waals surface area contributed by atoms with E-state index in [1.54, 1.807) is 0 Å². The largest absolute Gasteiger partial charge is 0.494 e. The van der Waals surface area contributed by atoms with E-state index < -0.39 is 6.10 Å². The molecule has 0 bridgehead atoms. The van der Waals surface area contributed by atoms with Crippen LogP contribution in [0.3, 0.4) is 0 Å². The molecule has 0 heterocycles. The zero-order valence-electron chi connectivity index (χ0n) is 11.1. The maximum Gasteiger partial charge on any atom is 0.119 e. The Morgan fingerprint density at radius 1 is 1.06 bits per heavy atom. The van der Waals surface area contributed by atoms with Gasteiger partial charge in [0.15, 0.2) is 0 Å². The summed E-state index contributed by atoms with van der Waals surface area (Å²) in [6, 6.07) is 7.42. The van der Waals surface area contributed by atoms with Gasteiger partial charge < -0.3 is 14.6 Å². The van der Waals surface area contributed by atoms with Crippen LogP contribution in [0.2, 0.25) is 0 Å². The highest BCUT2D eigenvalue weighted by Crippen LogP contribution is 2.21. The van der Waals surface area contributed by atoms with Gasteiger partial charge in [0.1, 0.15) is 18.1 Å². The molecule has 0 amide bonds. The van der Waals surface area contributed by atoms with Crippen LogP contribution in [0.25, 0.3) is 0 Å². The number of rotatable bonds is 5. The zero-order valence-corrected chi connectivity index (χ0v) is 11.1. The Labute approximate surface area is 103 Å². The van der Waals surface area contributed by atoms with Crippen LogP contribution >= 0.6 is 0 Å². The summed E-state index contributed by atoms with van der Waals surface area (Å²) in [5.74, 6) is 1.58. The van der Waals surface area contributed by atoms with Gasteiger partial charge in [0, 0.05) is 0 Å². The molecule has 0 aliphatic rings. The summed E-state index contributed by atoms with van der Waals surface area (Å²) in [4.78, 5) is 0. The maximum atomic E-state index is 9.84. The summed E-state index contributed by atoms with van der Waals surface area (Å²) in [5, 5.41) is 9.84. The third-order valence-electron chi connectivity index (χ3n) is 2.54. The molecule has 17 heavy (non-hydrogen) atoms. The van der Waals surface area contributed by atoms with Gasteiger partial charge in [-0.05, 0) is 36.6 Å². The molecular formula is C14H22O3. The van der Waals surface area contributed by atoms with Gasteiger partial charge in [-0.2, -0.15) is 0 Å². The van der Waals surface area contributed by atoms with Crippen molar-refractivity contribution in [3.05, 3.63) is 24.3 Å². The monoisotopic (exact) mass is 238 g/mol. The van der Waals surface area contributed by atoms with Gasteiger partial charge in [0.25, 0.3) is 0 Å². The number of hydrogen-bond donors (Lipinski definition) is 1. The third kappa shape index (κ3) is 4.65. The summed E-state index contributed by atoms with van der Waals surface area (Å²) in [6.07, 6.45) is -0.478. The SMILES string of the molecule is CCOc1ccc(OCC(O)C(C)(C)C)cc1. The first-order valence-corrected chi connectivity index (χ1v) is 5.97. The van der Waals surface area contributed by atoms with Crippen molar-refractivity contribution < 1.29 is 14.6 Å². The Balaban J connectivity index is 2.47. The normalized spacial score (nSPS) is 13.2. The van der Waals surface area contributed by atoms with Crippen molar-refractivity contribution >= 4 is 0 Å². The Morgan fingerprint density at radius 3 is 1.94 bits per heavy atom. The number of aliphatic hydroxyl groups is 1. The van der Waals surface area contributed by atoms with E-state index in [4.69, 9.17) is 9.47 Å². The van der Waals surface area contributed by atoms with Gasteiger partial charge in [0.2, 0.25) is 0 Å². The minimum absolute atomic E-state index is 0.161. The second-order valence-corrected chi connectivity index (χ2v) is 5.10. The molecule has 0 fully saturated rings. The van der Waals surface area contributed by atoms with Crippen molar-refractivity contribution in [1.29, 1.82) is 0 Å². The Morgan fingerprint density at radius 2 is 1.53 bits per heavy atom. The van der Waals surface area contributed by atoms with Gasteiger partial charge in [0.05, 0.1) is 12.7 Å². The van der Waals surface area contributed by atoms with E-state index in [1.807, 2.05) is 52.0 Å². The molecule has 1 aromatic carbocycles. The van der Waals surface area contributed by atoms with Crippen molar-refractivity contribution in [3.8, 4) is 11.5 Å². The number of hydrogen-bond acceptors (Lipinski definition) is 3. The molecule has 0 spiro atoms. The van der Waals surface area contributed by atoms with Crippen molar-refractivity contribution in [2.45, 2.75) is 33.8 Å². The molecule has 0 radical (unpaired) electrons. The fourth-order valence-electron chi connectivity index (χ4n) is 1.22. The Hall–Kier alpha value is -1.22. The average Bonchev–Trinajstić information content (AvgIpc) is 2.27. The number of benzene rings is 1. The molecule has 1 aromatic rings. The summed E-state index contributed by atoms with van der Waals surface area (Å²) in [6.45, 7) is 8.86. The van der Waals surface area contributed by atoms with Crippen LogP contribution in [0, 0.1) is 5.41 Å². The Kier molecular flexibility index (Phi) is 4.82. The predicted octanol–water partition coefficient (Wildman–Crippen LogP) is 2.87. The number of ether oxygens (including phenoxy) is 2. The van der Waals surface area contributed by atoms with Crippen LogP contribution in [0.5, 0.6) is 11.5 Å². The predicted molar refractivity (Wildman–Crippen MR) is 68.6 cm³/mol. The molecule has 96 valence electrons. The molecule has 1 N–H and O–H groups in total. The summed E-state index contributed by atoms with van der Waals surface area (Å²) in [7, 11) is 0. The van der Waals surface area contributed by atoms with Crippen LogP contribution in [-0.4, -0.2) is 24.4 Å². The van der Waals surface area contributed by atoms with Crippen LogP contribution in [0.15, 0.2) is 24.3 Å². The fourth-order valence-corrected chi connectivity index (χ4v) is 1.22. The maximum absolute atomic E-state index is 9.84. The molecule has 1 atom stereocenters. The average molecular weight is 238 g/mol. The molecule has 1 rings (SSSR count). The lowest BCUT2D eigenvalue weighted by Gasteiger charge is -2.25. The highest BCUT2D eigenvalue weighted by molar-refractivity contribution is 5.31. The van der Waals surface area contributed by atoms with Crippen LogP contribution in [0.1, 0.15) is 27.7 Å². The van der Waals surface area contributed by atoms with E-state index in [0.717, 1.165) is 11.5 Å². The molecule has 0 aliphatic heterocycles. The molecule has 3 heteroatoms. The lowest BCUT2D eigenvalue weighted by molar-refractivity contribution is 0.0218. The van der Waals surface area contributed by atoms with Crippen molar-refractivity contribution in [2.24, 2.45) is 5.41 Å². The van der Waals surface area contributed by atoms with E-state index in [1.165, 1.54) is 0 Å². The minimum atomic E-state index is -0.478. The quantitative estimate of drug-likeness (QED) is 0.857. The van der Waals surface area contributed by atoms with Gasteiger partial charge in [-0.3, -0.25) is 0 Å². The zero-order chi connectivity index (χ0) is 12.9. The third-order valence-corrected chi connectivity index (χ3v) is 2.54. The highest BCUT2D eigenvalue weighted by Gasteiger charge is 2.22. The molecule has 0 aliphatic carbocycles. The van der Waals surface area contributed by atoms with Gasteiger partial charge in [-0.25, -0.2) is 0 Å². The fraction of sp³-hybridized carbons (Fsp3) is 0.571. The smallest absolute Gasteiger partial charge is 0.119 e. The first kappa shape index (κ1) is 13.8. The van der Waals surface area contributed by atoms with Crippen LogP contribution < -0.4 is 9.47 Å². The topological polar surface area (TPSA) is 38.7 Å². The van der Waals surface area contributed by atoms with Crippen molar-refractivity contribution in [3.63, 3.8) is 0 Å². The summed E-state index contributed by atoms with van der Waals surface area (Å²) < 4.78 is 10.9. The van der Waals surface area contributed by atoms with Gasteiger partial charge >= 0.3 is 0 Å². The van der Waals surface area contributed by atoms with Gasteiger partial charge in [-0.1, -0.05) is 20.8 Å². The van der Waals surface area contributed by atoms with E-state index >= 15 is 0 Å². The van der Waals surface area contributed by atoms with Crippen molar-refractivity contribution in [2.75, 3.05) is 13.2 Å². The van der Waals surface area contributed by atoms with Crippen molar-refractivity contribution in [1.82, 2.24) is 0 Å². The van der Waals surface area contributed by atoms with E-state index in [2.05, 4.69) is 0 Å². The van der Waals surface area contributed by atoms with E-state index in [9.17, 15) is 5.11 Å². The Bertz CT molecular complexity index is 324. The molecule has 0 aromatic heterocycles.